The zero-order valence-corrected chi connectivity index (χ0v) is 10.2. The van der Waals surface area contributed by atoms with Crippen LogP contribution in [0.3, 0.4) is 0 Å². The highest BCUT2D eigenvalue weighted by atomic mass is 32.2. The van der Waals surface area contributed by atoms with Gasteiger partial charge in [-0.25, -0.2) is 4.79 Å². The third kappa shape index (κ3) is 3.34. The van der Waals surface area contributed by atoms with Gasteiger partial charge >= 0.3 is 5.97 Å². The Labute approximate surface area is 99.2 Å². The quantitative estimate of drug-likeness (QED) is 0.687. The van der Waals surface area contributed by atoms with E-state index in [1.54, 1.807) is 23.9 Å². The summed E-state index contributed by atoms with van der Waals surface area (Å²) < 4.78 is 0. The summed E-state index contributed by atoms with van der Waals surface area (Å²) in [4.78, 5) is 11.0. The zero-order valence-electron chi connectivity index (χ0n) is 9.36. The molecule has 0 aliphatic carbocycles. The fraction of sp³-hybridized carbons (Fsp3) is 0.364. The zero-order chi connectivity index (χ0) is 12.1. The first-order valence-electron chi connectivity index (χ1n) is 4.93. The van der Waals surface area contributed by atoms with Gasteiger partial charge in [-0.1, -0.05) is 0 Å². The van der Waals surface area contributed by atoms with Gasteiger partial charge in [-0.05, 0) is 31.4 Å². The summed E-state index contributed by atoms with van der Waals surface area (Å²) in [7, 11) is 0. The molecular weight excluding hydrogens is 224 g/mol. The normalized spacial score (nSPS) is 12.1. The molecule has 0 saturated carbocycles. The highest BCUT2D eigenvalue weighted by Crippen LogP contribution is 2.20. The van der Waals surface area contributed by atoms with E-state index in [4.69, 9.17) is 10.8 Å². The minimum Gasteiger partial charge on any atom is -0.478 e. The third-order valence-electron chi connectivity index (χ3n) is 2.09. The number of nitrogens with one attached hydrogen (secondary N) is 1. The number of nitrogens with two attached hydrogens (primary N) is 1. The fourth-order valence-electron chi connectivity index (χ4n) is 1.42. The van der Waals surface area contributed by atoms with Crippen molar-refractivity contribution in [3.05, 3.63) is 23.8 Å². The molecule has 16 heavy (non-hydrogen) atoms. The first-order chi connectivity index (χ1) is 7.54. The molecule has 0 aromatic heterocycles. The van der Waals surface area contributed by atoms with Crippen LogP contribution in [0.5, 0.6) is 0 Å². The summed E-state index contributed by atoms with van der Waals surface area (Å²) in [6, 6.07) is 5.09. The molecule has 4 nitrogen and oxygen atoms in total. The van der Waals surface area contributed by atoms with E-state index in [0.29, 0.717) is 11.4 Å². The Kier molecular flexibility index (Phi) is 4.49. The van der Waals surface area contributed by atoms with Gasteiger partial charge in [-0.15, -0.1) is 0 Å². The Bertz CT molecular complexity index is 382. The largest absolute Gasteiger partial charge is 0.478 e. The number of hydrogen-bond acceptors (Lipinski definition) is 4. The molecule has 0 fully saturated rings. The maximum Gasteiger partial charge on any atom is 0.337 e. The minimum absolute atomic E-state index is 0.216. The molecule has 0 spiro atoms. The molecule has 1 atom stereocenters. The topological polar surface area (TPSA) is 75.3 Å². The molecular formula is C11H16N2O2S. The van der Waals surface area contributed by atoms with Crippen LogP contribution in [0.1, 0.15) is 17.3 Å². The molecule has 0 amide bonds. The summed E-state index contributed by atoms with van der Waals surface area (Å²) in [5, 5.41) is 12.2. The number of thioether (sulfide) groups is 1. The lowest BCUT2D eigenvalue weighted by atomic mass is 10.1. The van der Waals surface area contributed by atoms with E-state index >= 15 is 0 Å². The number of aromatic carboxylic acids is 1. The summed E-state index contributed by atoms with van der Waals surface area (Å²) >= 11 is 1.71. The SMILES string of the molecule is CSCC(C)Nc1ccc(N)cc1C(=O)O. The van der Waals surface area contributed by atoms with Crippen molar-refractivity contribution in [1.82, 2.24) is 0 Å². The second kappa shape index (κ2) is 5.65. The smallest absolute Gasteiger partial charge is 0.337 e. The lowest BCUT2D eigenvalue weighted by Gasteiger charge is -2.16. The second-order valence-electron chi connectivity index (χ2n) is 3.61. The van der Waals surface area contributed by atoms with Crippen molar-refractivity contribution < 1.29 is 9.90 Å². The van der Waals surface area contributed by atoms with Crippen molar-refractivity contribution in [2.24, 2.45) is 0 Å². The van der Waals surface area contributed by atoms with Gasteiger partial charge in [-0.3, -0.25) is 0 Å². The monoisotopic (exact) mass is 240 g/mol. The summed E-state index contributed by atoms with van der Waals surface area (Å²) in [5.41, 5.74) is 6.85. The van der Waals surface area contributed by atoms with Crippen LogP contribution in [0.2, 0.25) is 0 Å². The molecule has 1 aromatic carbocycles. The number of rotatable bonds is 5. The van der Waals surface area contributed by atoms with Crippen molar-refractivity contribution in [2.75, 3.05) is 23.1 Å². The molecule has 0 bridgehead atoms. The molecule has 88 valence electrons. The Morgan fingerprint density at radius 3 is 2.88 bits per heavy atom. The van der Waals surface area contributed by atoms with Gasteiger partial charge < -0.3 is 16.2 Å². The lowest BCUT2D eigenvalue weighted by Crippen LogP contribution is -2.19. The predicted molar refractivity (Wildman–Crippen MR) is 69.3 cm³/mol. The Morgan fingerprint density at radius 2 is 2.31 bits per heavy atom. The number of benzene rings is 1. The van der Waals surface area contributed by atoms with E-state index < -0.39 is 5.97 Å². The predicted octanol–water partition coefficient (Wildman–Crippen LogP) is 2.13. The number of carboxylic acids is 1. The van der Waals surface area contributed by atoms with Crippen molar-refractivity contribution in [3.8, 4) is 0 Å². The van der Waals surface area contributed by atoms with E-state index in [0.717, 1.165) is 5.75 Å². The van der Waals surface area contributed by atoms with Gasteiger partial charge in [0.05, 0.1) is 5.56 Å². The standard InChI is InChI=1S/C11H16N2O2S/c1-7(6-16-2)13-10-4-3-8(12)5-9(10)11(14)15/h3-5,7,13H,6,12H2,1-2H3,(H,14,15). The van der Waals surface area contributed by atoms with Crippen LogP contribution in [0.15, 0.2) is 18.2 Å². The average molecular weight is 240 g/mol. The van der Waals surface area contributed by atoms with Gasteiger partial charge in [0.25, 0.3) is 0 Å². The number of hydrogen-bond donors (Lipinski definition) is 3. The van der Waals surface area contributed by atoms with Gasteiger partial charge in [0.1, 0.15) is 0 Å². The van der Waals surface area contributed by atoms with Crippen molar-refractivity contribution >= 4 is 29.1 Å². The molecule has 0 radical (unpaired) electrons. The number of carboxylic acid groups (broad SMARTS) is 1. The highest BCUT2D eigenvalue weighted by Gasteiger charge is 2.12. The number of nitrogen functional groups attached to an aromatic ring is 1. The van der Waals surface area contributed by atoms with Crippen LogP contribution >= 0.6 is 11.8 Å². The van der Waals surface area contributed by atoms with Crippen molar-refractivity contribution in [1.29, 1.82) is 0 Å². The molecule has 1 aromatic rings. The summed E-state index contributed by atoms with van der Waals surface area (Å²) in [6.07, 6.45) is 2.01. The van der Waals surface area contributed by atoms with Gasteiger partial charge in [0, 0.05) is 23.2 Å². The van der Waals surface area contributed by atoms with Crippen LogP contribution in [0, 0.1) is 0 Å². The molecule has 0 heterocycles. The highest BCUT2D eigenvalue weighted by molar-refractivity contribution is 7.98. The summed E-state index contributed by atoms with van der Waals surface area (Å²) in [6.45, 7) is 2.01. The fourth-order valence-corrected chi connectivity index (χ4v) is 2.01. The number of carbonyl (C=O) groups is 1. The van der Waals surface area contributed by atoms with E-state index in [1.807, 2.05) is 13.2 Å². The minimum atomic E-state index is -0.967. The van der Waals surface area contributed by atoms with Crippen LogP contribution in [-0.2, 0) is 0 Å². The Hall–Kier alpha value is -1.36. The maximum absolute atomic E-state index is 11.0. The molecule has 4 N–H and O–H groups in total. The van der Waals surface area contributed by atoms with E-state index in [-0.39, 0.29) is 11.6 Å². The second-order valence-corrected chi connectivity index (χ2v) is 4.52. The van der Waals surface area contributed by atoms with Crippen molar-refractivity contribution in [2.45, 2.75) is 13.0 Å². The van der Waals surface area contributed by atoms with Crippen LogP contribution in [0.4, 0.5) is 11.4 Å². The van der Waals surface area contributed by atoms with Crippen LogP contribution < -0.4 is 11.1 Å². The Morgan fingerprint density at radius 1 is 1.62 bits per heavy atom. The first-order valence-corrected chi connectivity index (χ1v) is 6.32. The number of anilines is 2. The molecule has 0 aliphatic rings. The average Bonchev–Trinajstić information content (AvgIpc) is 2.20. The van der Waals surface area contributed by atoms with E-state index in [9.17, 15) is 4.79 Å². The van der Waals surface area contributed by atoms with Gasteiger partial charge in [0.2, 0.25) is 0 Å². The van der Waals surface area contributed by atoms with E-state index in [2.05, 4.69) is 5.32 Å². The van der Waals surface area contributed by atoms with Crippen LogP contribution in [-0.4, -0.2) is 29.1 Å². The Balaban J connectivity index is 2.90. The summed E-state index contributed by atoms with van der Waals surface area (Å²) in [5.74, 6) is -0.0465. The molecule has 1 unspecified atom stereocenters. The molecule has 0 saturated heterocycles. The third-order valence-corrected chi connectivity index (χ3v) is 2.93. The van der Waals surface area contributed by atoms with Gasteiger partial charge in [-0.2, -0.15) is 11.8 Å². The van der Waals surface area contributed by atoms with E-state index in [1.165, 1.54) is 6.07 Å². The first kappa shape index (κ1) is 12.7. The van der Waals surface area contributed by atoms with Gasteiger partial charge in [0.15, 0.2) is 0 Å². The maximum atomic E-state index is 11.0. The molecule has 1 rings (SSSR count). The molecule has 0 aliphatic heterocycles. The molecule has 5 heteroatoms. The lowest BCUT2D eigenvalue weighted by molar-refractivity contribution is 0.0698. The van der Waals surface area contributed by atoms with Crippen molar-refractivity contribution in [3.63, 3.8) is 0 Å². The van der Waals surface area contributed by atoms with Crippen LogP contribution in [0.25, 0.3) is 0 Å².